The number of likely N-dealkylation sites (tertiary alicyclic amines) is 1. The Balaban J connectivity index is 1.94. The van der Waals surface area contributed by atoms with Crippen LogP contribution in [0.4, 0.5) is 9.59 Å². The number of urea groups is 1. The van der Waals surface area contributed by atoms with Crippen LogP contribution in [0.25, 0.3) is 0 Å². The van der Waals surface area contributed by atoms with Gasteiger partial charge in [0, 0.05) is 25.2 Å². The summed E-state index contributed by atoms with van der Waals surface area (Å²) in [4.78, 5) is 56.0. The van der Waals surface area contributed by atoms with Gasteiger partial charge in [-0.1, -0.05) is 45.9 Å². The molecule has 34 heavy (non-hydrogen) atoms. The standard InChI is InChI=1S/C25H36N4O5/c1-17(2)15-20(21(30)22-26-28(16-18(3)4)25(33)34-22)29(23(31)19-11-7-5-8-12-19)24(32)27-13-9-6-10-14-27/h5,7-8,11-12,17-18,20,22,26H,6,9-10,13-16H2,1-4H3/t20-,22?/m0/s1. The van der Waals surface area contributed by atoms with Crippen LogP contribution < -0.4 is 5.43 Å². The number of carbonyl (C=O) groups excluding carboxylic acids is 4. The maximum absolute atomic E-state index is 13.7. The lowest BCUT2D eigenvalue weighted by Gasteiger charge is -2.36. The first-order valence-electron chi connectivity index (χ1n) is 12.1. The highest BCUT2D eigenvalue weighted by Gasteiger charge is 2.45. The Labute approximate surface area is 201 Å². The van der Waals surface area contributed by atoms with Crippen LogP contribution in [0.2, 0.25) is 0 Å². The van der Waals surface area contributed by atoms with E-state index in [9.17, 15) is 19.2 Å². The van der Waals surface area contributed by atoms with Gasteiger partial charge in [0.05, 0.1) is 0 Å². The molecule has 9 heteroatoms. The minimum Gasteiger partial charge on any atom is -0.420 e. The maximum atomic E-state index is 13.7. The molecule has 2 atom stereocenters. The van der Waals surface area contributed by atoms with Gasteiger partial charge in [-0.05, 0) is 49.7 Å². The van der Waals surface area contributed by atoms with E-state index in [4.69, 9.17) is 4.74 Å². The topological polar surface area (TPSA) is 99.3 Å². The summed E-state index contributed by atoms with van der Waals surface area (Å²) >= 11 is 0. The zero-order valence-corrected chi connectivity index (χ0v) is 20.5. The molecular formula is C25H36N4O5. The van der Waals surface area contributed by atoms with Gasteiger partial charge in [-0.25, -0.2) is 19.5 Å². The Bertz CT molecular complexity index is 883. The van der Waals surface area contributed by atoms with Crippen LogP contribution in [0, 0.1) is 11.8 Å². The highest BCUT2D eigenvalue weighted by atomic mass is 16.6. The van der Waals surface area contributed by atoms with Gasteiger partial charge in [0.15, 0.2) is 0 Å². The van der Waals surface area contributed by atoms with E-state index in [0.29, 0.717) is 25.2 Å². The third-order valence-corrected chi connectivity index (χ3v) is 5.93. The van der Waals surface area contributed by atoms with Crippen LogP contribution in [-0.2, 0) is 9.53 Å². The second-order valence-corrected chi connectivity index (χ2v) is 9.82. The number of amides is 4. The summed E-state index contributed by atoms with van der Waals surface area (Å²) in [5.74, 6) is -0.864. The predicted octanol–water partition coefficient (Wildman–Crippen LogP) is 3.66. The van der Waals surface area contributed by atoms with E-state index in [2.05, 4.69) is 5.43 Å². The van der Waals surface area contributed by atoms with E-state index in [1.807, 2.05) is 27.7 Å². The predicted molar refractivity (Wildman–Crippen MR) is 127 cm³/mol. The highest BCUT2D eigenvalue weighted by Crippen LogP contribution is 2.23. The van der Waals surface area contributed by atoms with Gasteiger partial charge < -0.3 is 9.64 Å². The van der Waals surface area contributed by atoms with E-state index < -0.39 is 36.1 Å². The molecular weight excluding hydrogens is 436 g/mol. The third kappa shape index (κ3) is 6.14. The SMILES string of the molecule is CC(C)C[C@@H](C(=O)C1NN(CC(C)C)C(=O)O1)N(C(=O)c1ccccc1)C(=O)N1CCCCC1. The Morgan fingerprint density at radius 2 is 1.68 bits per heavy atom. The van der Waals surface area contributed by atoms with Crippen molar-refractivity contribution in [1.29, 1.82) is 0 Å². The first-order chi connectivity index (χ1) is 16.2. The van der Waals surface area contributed by atoms with E-state index in [1.54, 1.807) is 35.2 Å². The molecule has 1 N–H and O–H groups in total. The molecule has 9 nitrogen and oxygen atoms in total. The van der Waals surface area contributed by atoms with Crippen LogP contribution in [0.5, 0.6) is 0 Å². The second kappa shape index (κ2) is 11.5. The van der Waals surface area contributed by atoms with E-state index in [-0.39, 0.29) is 18.3 Å². The quantitative estimate of drug-likeness (QED) is 0.620. The number of ketones is 1. The summed E-state index contributed by atoms with van der Waals surface area (Å²) in [6.07, 6.45) is 1.10. The van der Waals surface area contributed by atoms with Crippen molar-refractivity contribution in [3.63, 3.8) is 0 Å². The molecule has 0 aromatic heterocycles. The molecule has 0 bridgehead atoms. The molecule has 186 valence electrons. The van der Waals surface area contributed by atoms with Crippen LogP contribution in [0.15, 0.2) is 30.3 Å². The molecule has 0 spiro atoms. The maximum Gasteiger partial charge on any atom is 0.426 e. The number of piperidine rings is 1. The molecule has 0 saturated carbocycles. The van der Waals surface area contributed by atoms with Crippen molar-refractivity contribution in [2.24, 2.45) is 11.8 Å². The van der Waals surface area contributed by atoms with Crippen molar-refractivity contribution in [1.82, 2.24) is 20.2 Å². The van der Waals surface area contributed by atoms with Gasteiger partial charge in [0.25, 0.3) is 5.91 Å². The van der Waals surface area contributed by atoms with Gasteiger partial charge in [-0.2, -0.15) is 5.43 Å². The Morgan fingerprint density at radius 1 is 1.03 bits per heavy atom. The molecule has 0 aliphatic carbocycles. The number of hydrogen-bond acceptors (Lipinski definition) is 6. The number of hydrazine groups is 1. The van der Waals surface area contributed by atoms with Crippen LogP contribution in [0.1, 0.15) is 63.7 Å². The van der Waals surface area contributed by atoms with Gasteiger partial charge in [-0.3, -0.25) is 9.59 Å². The average molecular weight is 473 g/mol. The minimum absolute atomic E-state index is 0.0121. The fraction of sp³-hybridized carbons (Fsp3) is 0.600. The lowest BCUT2D eigenvalue weighted by atomic mass is 9.97. The van der Waals surface area contributed by atoms with Crippen molar-refractivity contribution in [2.45, 2.75) is 65.6 Å². The van der Waals surface area contributed by atoms with Crippen molar-refractivity contribution in [2.75, 3.05) is 19.6 Å². The smallest absolute Gasteiger partial charge is 0.420 e. The van der Waals surface area contributed by atoms with Gasteiger partial charge in [0.1, 0.15) is 6.04 Å². The minimum atomic E-state index is -1.25. The van der Waals surface area contributed by atoms with Gasteiger partial charge >= 0.3 is 12.1 Å². The molecule has 1 unspecified atom stereocenters. The number of rotatable bonds is 8. The molecule has 2 aliphatic rings. The fourth-order valence-electron chi connectivity index (χ4n) is 4.29. The number of imide groups is 1. The molecule has 2 aliphatic heterocycles. The number of nitrogens with one attached hydrogen (secondary N) is 1. The Morgan fingerprint density at radius 3 is 2.26 bits per heavy atom. The number of hydrogen-bond donors (Lipinski definition) is 1. The van der Waals surface area contributed by atoms with E-state index in [1.165, 1.54) is 5.01 Å². The zero-order valence-electron chi connectivity index (χ0n) is 20.5. The number of benzene rings is 1. The number of ether oxygens (including phenoxy) is 1. The third-order valence-electron chi connectivity index (χ3n) is 5.93. The fourth-order valence-corrected chi connectivity index (χ4v) is 4.29. The molecule has 4 amide bonds. The zero-order chi connectivity index (χ0) is 24.8. The van der Waals surface area contributed by atoms with Gasteiger partial charge in [0.2, 0.25) is 12.0 Å². The molecule has 3 rings (SSSR count). The summed E-state index contributed by atoms with van der Waals surface area (Å²) < 4.78 is 5.32. The molecule has 1 aromatic rings. The summed E-state index contributed by atoms with van der Waals surface area (Å²) in [7, 11) is 0. The van der Waals surface area contributed by atoms with E-state index >= 15 is 0 Å². The number of carbonyl (C=O) groups is 4. The second-order valence-electron chi connectivity index (χ2n) is 9.82. The highest BCUT2D eigenvalue weighted by molar-refractivity contribution is 6.08. The number of nitrogens with zero attached hydrogens (tertiary/aromatic N) is 3. The monoisotopic (exact) mass is 472 g/mol. The van der Waals surface area contributed by atoms with Crippen LogP contribution in [-0.4, -0.2) is 70.5 Å². The average Bonchev–Trinajstić information content (AvgIpc) is 3.18. The van der Waals surface area contributed by atoms with Crippen LogP contribution >= 0.6 is 0 Å². The summed E-state index contributed by atoms with van der Waals surface area (Å²) in [6.45, 7) is 9.20. The van der Waals surface area contributed by atoms with Crippen molar-refractivity contribution >= 4 is 23.8 Å². The lowest BCUT2D eigenvalue weighted by molar-refractivity contribution is -0.132. The first kappa shape index (κ1) is 25.7. The van der Waals surface area contributed by atoms with Crippen molar-refractivity contribution < 1.29 is 23.9 Å². The molecule has 2 saturated heterocycles. The Kier molecular flexibility index (Phi) is 8.66. The molecule has 0 radical (unpaired) electrons. The lowest BCUT2D eigenvalue weighted by Crippen LogP contribution is -2.58. The first-order valence-corrected chi connectivity index (χ1v) is 12.1. The molecule has 2 heterocycles. The largest absolute Gasteiger partial charge is 0.426 e. The van der Waals surface area contributed by atoms with Gasteiger partial charge in [-0.15, -0.1) is 0 Å². The number of Topliss-reactive ketones (excluding diaryl/α,β-unsaturated/α-hetero) is 1. The van der Waals surface area contributed by atoms with E-state index in [0.717, 1.165) is 24.2 Å². The Hall–Kier alpha value is -2.94. The van der Waals surface area contributed by atoms with Crippen molar-refractivity contribution in [3.05, 3.63) is 35.9 Å². The molecule has 1 aromatic carbocycles. The summed E-state index contributed by atoms with van der Waals surface area (Å²) in [5.41, 5.74) is 3.15. The summed E-state index contributed by atoms with van der Waals surface area (Å²) in [6, 6.07) is 6.94. The molecule has 2 fully saturated rings. The van der Waals surface area contributed by atoms with Crippen molar-refractivity contribution in [3.8, 4) is 0 Å². The van der Waals surface area contributed by atoms with Crippen LogP contribution in [0.3, 0.4) is 0 Å². The number of cyclic esters (lactones) is 1. The normalized spacial score (nSPS) is 19.4. The summed E-state index contributed by atoms with van der Waals surface area (Å²) in [5, 5.41) is 1.27.